The number of hydrogen-bond donors (Lipinski definition) is 1. The summed E-state index contributed by atoms with van der Waals surface area (Å²) in [5, 5.41) is 3.69. The highest BCUT2D eigenvalue weighted by atomic mass is 32.1. The van der Waals surface area contributed by atoms with E-state index in [1.807, 2.05) is 0 Å². The van der Waals surface area contributed by atoms with E-state index < -0.39 is 5.97 Å². The molecule has 0 saturated heterocycles. The third-order valence-electron chi connectivity index (χ3n) is 1.21. The fourth-order valence-electron chi connectivity index (χ4n) is 0.689. The second kappa shape index (κ2) is 4.51. The van der Waals surface area contributed by atoms with Gasteiger partial charge in [0.05, 0.1) is 7.11 Å². The smallest absolute Gasteiger partial charge is 0.364 e. The Kier molecular flexibility index (Phi) is 3.35. The van der Waals surface area contributed by atoms with E-state index in [4.69, 9.17) is 5.73 Å². The molecule has 0 fully saturated rings. The van der Waals surface area contributed by atoms with Crippen molar-refractivity contribution >= 4 is 28.3 Å². The minimum atomic E-state index is -0.676. The van der Waals surface area contributed by atoms with Gasteiger partial charge in [0.1, 0.15) is 7.11 Å². The number of hydrogen-bond acceptors (Lipinski definition) is 8. The Morgan fingerprint density at radius 2 is 2.29 bits per heavy atom. The van der Waals surface area contributed by atoms with Gasteiger partial charge in [-0.2, -0.15) is 9.36 Å². The monoisotopic (exact) mass is 216 g/mol. The van der Waals surface area contributed by atoms with Gasteiger partial charge < -0.3 is 15.3 Å². The predicted molar refractivity (Wildman–Crippen MR) is 49.9 cm³/mol. The average molecular weight is 216 g/mol. The summed E-state index contributed by atoms with van der Waals surface area (Å²) in [6.07, 6.45) is 0. The number of oxime groups is 1. The van der Waals surface area contributed by atoms with E-state index in [-0.39, 0.29) is 16.7 Å². The van der Waals surface area contributed by atoms with Crippen LogP contribution in [0.25, 0.3) is 0 Å². The van der Waals surface area contributed by atoms with Gasteiger partial charge in [0.2, 0.25) is 11.5 Å². The first kappa shape index (κ1) is 10.4. The molecule has 7 nitrogen and oxygen atoms in total. The summed E-state index contributed by atoms with van der Waals surface area (Å²) in [5.41, 5.74) is 5.24. The SMILES string of the molecule is CO/N=C(\C(=O)OC)c1nsc(N)n1. The van der Waals surface area contributed by atoms with Gasteiger partial charge in [-0.25, -0.2) is 4.79 Å². The average Bonchev–Trinajstić information content (AvgIpc) is 2.60. The van der Waals surface area contributed by atoms with Crippen molar-refractivity contribution in [3.05, 3.63) is 5.82 Å². The van der Waals surface area contributed by atoms with E-state index in [1.54, 1.807) is 0 Å². The number of anilines is 1. The van der Waals surface area contributed by atoms with E-state index in [9.17, 15) is 4.79 Å². The molecule has 0 aliphatic heterocycles. The van der Waals surface area contributed by atoms with Crippen molar-refractivity contribution < 1.29 is 14.4 Å². The van der Waals surface area contributed by atoms with Crippen molar-refractivity contribution in [2.75, 3.05) is 20.0 Å². The largest absolute Gasteiger partial charge is 0.464 e. The quantitative estimate of drug-likeness (QED) is 0.421. The van der Waals surface area contributed by atoms with Gasteiger partial charge in [-0.15, -0.1) is 0 Å². The maximum atomic E-state index is 11.2. The minimum Gasteiger partial charge on any atom is -0.464 e. The second-order valence-electron chi connectivity index (χ2n) is 2.07. The molecular weight excluding hydrogens is 208 g/mol. The number of nitrogens with zero attached hydrogens (tertiary/aromatic N) is 3. The standard InChI is InChI=1S/C6H8N4O3S/c1-12-5(11)3(9-13-2)4-8-6(7)14-10-4/h1-2H3,(H2,7,8,10)/b9-3-. The number of nitrogens with two attached hydrogens (primary N) is 1. The molecule has 76 valence electrons. The van der Waals surface area contributed by atoms with Crippen molar-refractivity contribution in [2.24, 2.45) is 5.16 Å². The molecule has 8 heteroatoms. The molecule has 14 heavy (non-hydrogen) atoms. The van der Waals surface area contributed by atoms with Crippen LogP contribution in [-0.2, 0) is 14.4 Å². The summed E-state index contributed by atoms with van der Waals surface area (Å²) in [5.74, 6) is -0.578. The molecule has 0 saturated carbocycles. The van der Waals surface area contributed by atoms with Crippen molar-refractivity contribution in [1.29, 1.82) is 0 Å². The molecule has 1 aromatic rings. The maximum absolute atomic E-state index is 11.2. The lowest BCUT2D eigenvalue weighted by Crippen LogP contribution is -2.19. The molecule has 1 aromatic heterocycles. The molecule has 1 rings (SSSR count). The maximum Gasteiger partial charge on any atom is 0.364 e. The zero-order valence-electron chi connectivity index (χ0n) is 7.55. The van der Waals surface area contributed by atoms with Crippen LogP contribution in [0, 0.1) is 0 Å². The molecule has 0 spiro atoms. The van der Waals surface area contributed by atoms with Gasteiger partial charge >= 0.3 is 5.97 Å². The third-order valence-corrected chi connectivity index (χ3v) is 1.76. The Balaban J connectivity index is 3.00. The van der Waals surface area contributed by atoms with Gasteiger partial charge in [-0.1, -0.05) is 5.16 Å². The van der Waals surface area contributed by atoms with Crippen LogP contribution in [0.2, 0.25) is 0 Å². The molecule has 0 aliphatic carbocycles. The highest BCUT2D eigenvalue weighted by Gasteiger charge is 2.20. The minimum absolute atomic E-state index is 0.0983. The summed E-state index contributed by atoms with van der Waals surface area (Å²) in [7, 11) is 2.53. The Morgan fingerprint density at radius 3 is 2.71 bits per heavy atom. The first-order valence-corrected chi connectivity index (χ1v) is 4.25. The van der Waals surface area contributed by atoms with E-state index in [0.29, 0.717) is 0 Å². The third kappa shape index (κ3) is 2.16. The van der Waals surface area contributed by atoms with Crippen molar-refractivity contribution in [3.63, 3.8) is 0 Å². The van der Waals surface area contributed by atoms with E-state index >= 15 is 0 Å². The number of carbonyl (C=O) groups is 1. The van der Waals surface area contributed by atoms with Crippen LogP contribution in [-0.4, -0.2) is 35.3 Å². The van der Waals surface area contributed by atoms with Gasteiger partial charge in [0.25, 0.3) is 0 Å². The number of ether oxygens (including phenoxy) is 1. The van der Waals surface area contributed by atoms with Crippen LogP contribution in [0.1, 0.15) is 5.82 Å². The van der Waals surface area contributed by atoms with Crippen LogP contribution in [0.15, 0.2) is 5.16 Å². The molecule has 2 N–H and O–H groups in total. The zero-order valence-corrected chi connectivity index (χ0v) is 8.37. The lowest BCUT2D eigenvalue weighted by Gasteiger charge is -1.97. The molecular formula is C6H8N4O3S. The number of aromatic nitrogens is 2. The lowest BCUT2D eigenvalue weighted by molar-refractivity contribution is -0.132. The Hall–Kier alpha value is -1.70. The van der Waals surface area contributed by atoms with Crippen molar-refractivity contribution in [2.45, 2.75) is 0 Å². The van der Waals surface area contributed by atoms with Crippen LogP contribution in [0.3, 0.4) is 0 Å². The highest BCUT2D eigenvalue weighted by molar-refractivity contribution is 7.09. The van der Waals surface area contributed by atoms with E-state index in [1.165, 1.54) is 14.2 Å². The predicted octanol–water partition coefficient (Wildman–Crippen LogP) is -0.356. The zero-order chi connectivity index (χ0) is 10.6. The van der Waals surface area contributed by atoms with Gasteiger partial charge in [0, 0.05) is 11.5 Å². The van der Waals surface area contributed by atoms with Crippen LogP contribution >= 0.6 is 11.5 Å². The first-order chi connectivity index (χ1) is 6.69. The molecule has 0 amide bonds. The molecule has 0 unspecified atom stereocenters. The summed E-state index contributed by atoms with van der Waals surface area (Å²) < 4.78 is 8.26. The molecule has 0 aliphatic rings. The second-order valence-corrected chi connectivity index (χ2v) is 2.85. The normalized spacial score (nSPS) is 11.1. The Labute approximate surface area is 83.7 Å². The summed E-state index contributed by atoms with van der Waals surface area (Å²) in [6, 6.07) is 0. The molecule has 0 bridgehead atoms. The Bertz CT molecular complexity index is 362. The number of methoxy groups -OCH3 is 1. The molecule has 0 atom stereocenters. The van der Waals surface area contributed by atoms with Crippen LogP contribution in [0.4, 0.5) is 5.13 Å². The fraction of sp³-hybridized carbons (Fsp3) is 0.333. The van der Waals surface area contributed by atoms with Gasteiger partial charge in [0.15, 0.2) is 5.13 Å². The number of esters is 1. The molecule has 1 heterocycles. The lowest BCUT2D eigenvalue weighted by atomic mass is 10.4. The highest BCUT2D eigenvalue weighted by Crippen LogP contribution is 2.07. The first-order valence-electron chi connectivity index (χ1n) is 3.48. The summed E-state index contributed by atoms with van der Waals surface area (Å²) >= 11 is 0.959. The van der Waals surface area contributed by atoms with Crippen molar-refractivity contribution in [1.82, 2.24) is 9.36 Å². The van der Waals surface area contributed by atoms with Crippen LogP contribution < -0.4 is 5.73 Å². The van der Waals surface area contributed by atoms with Crippen molar-refractivity contribution in [3.8, 4) is 0 Å². The Morgan fingerprint density at radius 1 is 1.57 bits per heavy atom. The van der Waals surface area contributed by atoms with Crippen LogP contribution in [0.5, 0.6) is 0 Å². The topological polar surface area (TPSA) is 99.7 Å². The molecule has 0 radical (unpaired) electrons. The van der Waals surface area contributed by atoms with E-state index in [2.05, 4.69) is 24.1 Å². The van der Waals surface area contributed by atoms with Gasteiger partial charge in [-0.05, 0) is 0 Å². The fourth-order valence-corrected chi connectivity index (χ4v) is 1.12. The number of carbonyl (C=O) groups excluding carboxylic acids is 1. The number of nitrogen functional groups attached to an aromatic ring is 1. The molecule has 0 aromatic carbocycles. The number of rotatable bonds is 3. The van der Waals surface area contributed by atoms with E-state index in [0.717, 1.165) is 11.5 Å². The van der Waals surface area contributed by atoms with Gasteiger partial charge in [-0.3, -0.25) is 0 Å². The summed E-state index contributed by atoms with van der Waals surface area (Å²) in [4.78, 5) is 19.4. The summed E-state index contributed by atoms with van der Waals surface area (Å²) in [6.45, 7) is 0.